The highest BCUT2D eigenvalue weighted by atomic mass is 35.5. The van der Waals surface area contributed by atoms with Crippen LogP contribution in [-0.2, 0) is 6.42 Å². The molecule has 1 heterocycles. The van der Waals surface area contributed by atoms with Gasteiger partial charge < -0.3 is 5.32 Å². The predicted molar refractivity (Wildman–Crippen MR) is 78.0 cm³/mol. The molecule has 0 aliphatic rings. The number of hydrogen-bond donors (Lipinski definition) is 1. The molecule has 0 spiro atoms. The molecule has 4 nitrogen and oxygen atoms in total. The number of halogens is 2. The second-order valence-corrected chi connectivity index (χ2v) is 4.75. The first-order valence-electron chi connectivity index (χ1n) is 5.68. The number of carbonyl (C=O) groups is 1. The zero-order valence-electron chi connectivity index (χ0n) is 10.2. The largest absolute Gasteiger partial charge is 0.322 e. The van der Waals surface area contributed by atoms with Crippen LogP contribution in [0.4, 0.5) is 5.69 Å². The van der Waals surface area contributed by atoms with Crippen LogP contribution in [0, 0.1) is 11.3 Å². The van der Waals surface area contributed by atoms with Crippen LogP contribution in [0.25, 0.3) is 0 Å². The van der Waals surface area contributed by atoms with Crippen molar-refractivity contribution in [3.05, 3.63) is 57.8 Å². The van der Waals surface area contributed by atoms with Crippen molar-refractivity contribution >= 4 is 34.8 Å². The number of carbonyl (C=O) groups excluding carboxylic acids is 1. The van der Waals surface area contributed by atoms with Crippen LogP contribution < -0.4 is 5.32 Å². The molecular formula is C14H9Cl2N3O. The van der Waals surface area contributed by atoms with E-state index in [1.807, 2.05) is 0 Å². The van der Waals surface area contributed by atoms with Gasteiger partial charge in [-0.3, -0.25) is 4.79 Å². The van der Waals surface area contributed by atoms with E-state index in [1.165, 1.54) is 12.3 Å². The van der Waals surface area contributed by atoms with Crippen LogP contribution in [-0.4, -0.2) is 10.9 Å². The standard InChI is InChI=1S/C14H9Cl2N3O/c15-12-7-10(8-18-13(12)16)14(20)19-11-3-1-9(2-4-11)5-6-17/h1-4,7-8H,5H2,(H,19,20). The van der Waals surface area contributed by atoms with Crippen LogP contribution in [0.3, 0.4) is 0 Å². The van der Waals surface area contributed by atoms with Crippen molar-refractivity contribution in [1.29, 1.82) is 5.26 Å². The molecule has 1 aromatic heterocycles. The number of rotatable bonds is 3. The molecule has 0 saturated carbocycles. The van der Waals surface area contributed by atoms with Crippen LogP contribution >= 0.6 is 23.2 Å². The van der Waals surface area contributed by atoms with Gasteiger partial charge in [-0.15, -0.1) is 0 Å². The highest BCUT2D eigenvalue weighted by molar-refractivity contribution is 6.41. The van der Waals surface area contributed by atoms with Gasteiger partial charge in [0.15, 0.2) is 0 Å². The Balaban J connectivity index is 2.11. The van der Waals surface area contributed by atoms with Crippen LogP contribution in [0.15, 0.2) is 36.5 Å². The molecule has 0 unspecified atom stereocenters. The number of amides is 1. The van der Waals surface area contributed by atoms with Gasteiger partial charge in [-0.25, -0.2) is 4.98 Å². The Morgan fingerprint density at radius 3 is 2.60 bits per heavy atom. The van der Waals surface area contributed by atoms with E-state index in [2.05, 4.69) is 16.4 Å². The summed E-state index contributed by atoms with van der Waals surface area (Å²) in [4.78, 5) is 15.8. The molecule has 0 aliphatic carbocycles. The van der Waals surface area contributed by atoms with E-state index in [0.717, 1.165) is 5.56 Å². The van der Waals surface area contributed by atoms with Crippen molar-refractivity contribution in [2.45, 2.75) is 6.42 Å². The van der Waals surface area contributed by atoms with E-state index in [0.29, 0.717) is 17.7 Å². The smallest absolute Gasteiger partial charge is 0.257 e. The number of nitrogens with one attached hydrogen (secondary N) is 1. The zero-order chi connectivity index (χ0) is 14.5. The summed E-state index contributed by atoms with van der Waals surface area (Å²) in [6.07, 6.45) is 1.69. The number of benzene rings is 1. The number of pyridine rings is 1. The molecule has 20 heavy (non-hydrogen) atoms. The predicted octanol–water partition coefficient (Wildman–Crippen LogP) is 3.71. The SMILES string of the molecule is N#CCc1ccc(NC(=O)c2cnc(Cl)c(Cl)c2)cc1. The third-order valence-electron chi connectivity index (χ3n) is 2.55. The lowest BCUT2D eigenvalue weighted by Crippen LogP contribution is -2.12. The number of hydrogen-bond acceptors (Lipinski definition) is 3. The van der Waals surface area contributed by atoms with E-state index in [1.54, 1.807) is 24.3 Å². The Kier molecular flexibility index (Phi) is 4.57. The van der Waals surface area contributed by atoms with E-state index in [9.17, 15) is 4.79 Å². The minimum absolute atomic E-state index is 0.157. The van der Waals surface area contributed by atoms with Gasteiger partial charge >= 0.3 is 0 Å². The Hall–Kier alpha value is -2.09. The summed E-state index contributed by atoms with van der Waals surface area (Å²) in [7, 11) is 0. The minimum atomic E-state index is -0.330. The van der Waals surface area contributed by atoms with E-state index in [4.69, 9.17) is 28.5 Å². The number of aromatic nitrogens is 1. The lowest BCUT2D eigenvalue weighted by molar-refractivity contribution is 0.102. The number of nitriles is 1. The Morgan fingerprint density at radius 1 is 1.30 bits per heavy atom. The first-order chi connectivity index (χ1) is 9.60. The fraction of sp³-hybridized carbons (Fsp3) is 0.0714. The Bertz CT molecular complexity index is 678. The maximum absolute atomic E-state index is 12.0. The lowest BCUT2D eigenvalue weighted by atomic mass is 10.1. The summed E-state index contributed by atoms with van der Waals surface area (Å²) < 4.78 is 0. The topological polar surface area (TPSA) is 65.8 Å². The third-order valence-corrected chi connectivity index (χ3v) is 3.24. The highest BCUT2D eigenvalue weighted by Crippen LogP contribution is 2.20. The maximum atomic E-state index is 12.0. The second kappa shape index (κ2) is 6.38. The van der Waals surface area contributed by atoms with Gasteiger partial charge in [0.1, 0.15) is 5.15 Å². The zero-order valence-corrected chi connectivity index (χ0v) is 11.7. The molecule has 1 amide bonds. The van der Waals surface area contributed by atoms with Gasteiger partial charge in [-0.2, -0.15) is 5.26 Å². The van der Waals surface area contributed by atoms with E-state index < -0.39 is 0 Å². The summed E-state index contributed by atoms with van der Waals surface area (Å²) in [6, 6.07) is 10.5. The first-order valence-corrected chi connectivity index (χ1v) is 6.44. The molecule has 1 aromatic carbocycles. The molecular weight excluding hydrogens is 297 g/mol. The monoisotopic (exact) mass is 305 g/mol. The van der Waals surface area contributed by atoms with Gasteiger partial charge in [0.25, 0.3) is 5.91 Å². The number of nitrogens with zero attached hydrogens (tertiary/aromatic N) is 2. The average molecular weight is 306 g/mol. The van der Waals surface area contributed by atoms with Crippen molar-refractivity contribution in [1.82, 2.24) is 4.98 Å². The molecule has 100 valence electrons. The summed E-state index contributed by atoms with van der Waals surface area (Å²) in [5.74, 6) is -0.330. The normalized spacial score (nSPS) is 9.85. The Labute approximate surface area is 126 Å². The molecule has 6 heteroatoms. The average Bonchev–Trinajstić information content (AvgIpc) is 2.44. The van der Waals surface area contributed by atoms with Crippen molar-refractivity contribution in [2.24, 2.45) is 0 Å². The van der Waals surface area contributed by atoms with Gasteiger partial charge in [0.2, 0.25) is 0 Å². The third kappa shape index (κ3) is 3.47. The molecule has 2 aromatic rings. The van der Waals surface area contributed by atoms with Gasteiger partial charge in [-0.05, 0) is 23.8 Å². The molecule has 0 fully saturated rings. The van der Waals surface area contributed by atoms with Gasteiger partial charge in [0.05, 0.1) is 23.1 Å². The highest BCUT2D eigenvalue weighted by Gasteiger charge is 2.09. The first kappa shape index (κ1) is 14.3. The molecule has 0 aliphatic heterocycles. The molecule has 0 saturated heterocycles. The van der Waals surface area contributed by atoms with Crippen molar-refractivity contribution in [3.8, 4) is 6.07 Å². The quantitative estimate of drug-likeness (QED) is 0.879. The summed E-state index contributed by atoms with van der Waals surface area (Å²) >= 11 is 11.5. The summed E-state index contributed by atoms with van der Waals surface area (Å²) in [5, 5.41) is 11.7. The second-order valence-electron chi connectivity index (χ2n) is 3.98. The van der Waals surface area contributed by atoms with Crippen LogP contribution in [0.2, 0.25) is 10.2 Å². The van der Waals surface area contributed by atoms with E-state index in [-0.39, 0.29) is 16.1 Å². The number of anilines is 1. The van der Waals surface area contributed by atoms with Crippen molar-refractivity contribution in [3.63, 3.8) is 0 Å². The fourth-order valence-electron chi connectivity index (χ4n) is 1.55. The van der Waals surface area contributed by atoms with Crippen molar-refractivity contribution < 1.29 is 4.79 Å². The molecule has 0 bridgehead atoms. The molecule has 1 N–H and O–H groups in total. The molecule has 0 radical (unpaired) electrons. The fourth-order valence-corrected chi connectivity index (χ4v) is 1.82. The molecule has 2 rings (SSSR count). The molecule has 0 atom stereocenters. The van der Waals surface area contributed by atoms with Crippen LogP contribution in [0.5, 0.6) is 0 Å². The lowest BCUT2D eigenvalue weighted by Gasteiger charge is -2.06. The summed E-state index contributed by atoms with van der Waals surface area (Å²) in [6.45, 7) is 0. The van der Waals surface area contributed by atoms with Crippen LogP contribution in [0.1, 0.15) is 15.9 Å². The Morgan fingerprint density at radius 2 is 2.00 bits per heavy atom. The maximum Gasteiger partial charge on any atom is 0.257 e. The van der Waals surface area contributed by atoms with Crippen molar-refractivity contribution in [2.75, 3.05) is 5.32 Å². The van der Waals surface area contributed by atoms with E-state index >= 15 is 0 Å². The van der Waals surface area contributed by atoms with Gasteiger partial charge in [0, 0.05) is 11.9 Å². The summed E-state index contributed by atoms with van der Waals surface area (Å²) in [5.41, 5.74) is 1.84. The minimum Gasteiger partial charge on any atom is -0.322 e. The van der Waals surface area contributed by atoms with Gasteiger partial charge in [-0.1, -0.05) is 35.3 Å².